The van der Waals surface area contributed by atoms with E-state index in [4.69, 9.17) is 0 Å². The van der Waals surface area contributed by atoms with E-state index in [1.54, 1.807) is 5.57 Å². The Labute approximate surface area is 150 Å². The van der Waals surface area contributed by atoms with Gasteiger partial charge in [0.15, 0.2) is 0 Å². The zero-order valence-corrected chi connectivity index (χ0v) is 19.5. The van der Waals surface area contributed by atoms with Crippen molar-refractivity contribution in [3.05, 3.63) is 9.16 Å². The van der Waals surface area contributed by atoms with Gasteiger partial charge >= 0.3 is 151 Å². The van der Waals surface area contributed by atoms with Gasteiger partial charge in [-0.15, -0.1) is 0 Å². The molecule has 0 spiro atoms. The molecule has 0 aromatic carbocycles. The van der Waals surface area contributed by atoms with Gasteiger partial charge in [0.05, 0.1) is 0 Å². The number of unbranched alkanes of at least 4 members (excludes halogenated alkanes) is 3. The average molecular weight is 426 g/mol. The van der Waals surface area contributed by atoms with Gasteiger partial charge in [0.1, 0.15) is 0 Å². The molecule has 0 aliphatic carbocycles. The van der Waals surface area contributed by atoms with Crippen LogP contribution >= 0.6 is 0 Å². The van der Waals surface area contributed by atoms with Gasteiger partial charge in [0.25, 0.3) is 0 Å². The minimum atomic E-state index is -2.51. The molecule has 0 amide bonds. The molecule has 0 aliphatic heterocycles. The normalized spacial score (nSPS) is 11.3. The number of allylic oxidation sites excluding steroid dienone is 2. The second kappa shape index (κ2) is 14.4. The summed E-state index contributed by atoms with van der Waals surface area (Å²) in [6.45, 7) is 11.5. The van der Waals surface area contributed by atoms with Gasteiger partial charge in [-0.3, -0.25) is 0 Å². The van der Waals surface area contributed by atoms with E-state index in [2.05, 4.69) is 40.7 Å². The van der Waals surface area contributed by atoms with Crippen LogP contribution in [0.4, 0.5) is 0 Å². The summed E-state index contributed by atoms with van der Waals surface area (Å²) in [6, 6.07) is 2.81. The third-order valence-corrected chi connectivity index (χ3v) is 20.7. The van der Waals surface area contributed by atoms with E-state index in [1.165, 1.54) is 81.1 Å². The number of rotatable bonds is 14. The summed E-state index contributed by atoms with van der Waals surface area (Å²) in [6.07, 6.45) is 12.6. The molecule has 2 heteroatoms. The van der Waals surface area contributed by atoms with Crippen molar-refractivity contribution in [2.45, 2.75) is 112 Å². The van der Waals surface area contributed by atoms with Crippen LogP contribution in [-0.4, -0.2) is 18.4 Å². The second-order valence-electron chi connectivity index (χ2n) is 7.18. The van der Waals surface area contributed by atoms with Gasteiger partial charge in [0.2, 0.25) is 0 Å². The zero-order valence-electron chi connectivity index (χ0n) is 16.6. The fourth-order valence-corrected chi connectivity index (χ4v) is 20.5. The molecule has 0 saturated carbocycles. The maximum absolute atomic E-state index is 10.1. The Bertz CT molecular complexity index is 335. The second-order valence-corrected chi connectivity index (χ2v) is 20.2. The van der Waals surface area contributed by atoms with Crippen LogP contribution in [0, 0.1) is 11.3 Å². The van der Waals surface area contributed by atoms with Crippen LogP contribution in [0.3, 0.4) is 0 Å². The molecule has 134 valence electrons. The fourth-order valence-electron chi connectivity index (χ4n) is 3.85. The van der Waals surface area contributed by atoms with E-state index in [-0.39, 0.29) is 0 Å². The molecule has 0 N–H and O–H groups in total. The molecule has 1 nitrogen and oxygen atoms in total. The van der Waals surface area contributed by atoms with Crippen molar-refractivity contribution in [2.24, 2.45) is 0 Å². The molecule has 0 radical (unpaired) electrons. The molecule has 0 rings (SSSR count). The third-order valence-electron chi connectivity index (χ3n) is 5.13. The summed E-state index contributed by atoms with van der Waals surface area (Å²) < 4.78 is 5.67. The van der Waals surface area contributed by atoms with Gasteiger partial charge in [-0.1, -0.05) is 0 Å². The predicted molar refractivity (Wildman–Crippen MR) is 107 cm³/mol. The van der Waals surface area contributed by atoms with E-state index < -0.39 is 18.4 Å². The van der Waals surface area contributed by atoms with Crippen LogP contribution in [0.2, 0.25) is 13.3 Å². The molecule has 0 unspecified atom stereocenters. The molecule has 23 heavy (non-hydrogen) atoms. The molecular formula is C21H41NSn. The first-order valence-electron chi connectivity index (χ1n) is 10.3. The van der Waals surface area contributed by atoms with Gasteiger partial charge in [-0.25, -0.2) is 0 Å². The van der Waals surface area contributed by atoms with E-state index in [0.717, 1.165) is 0 Å². The van der Waals surface area contributed by atoms with Gasteiger partial charge in [-0.05, 0) is 0 Å². The van der Waals surface area contributed by atoms with Crippen molar-refractivity contribution < 1.29 is 0 Å². The van der Waals surface area contributed by atoms with Crippen molar-refractivity contribution in [1.29, 1.82) is 5.26 Å². The first-order valence-corrected chi connectivity index (χ1v) is 17.8. The predicted octanol–water partition coefficient (Wildman–Crippen LogP) is 7.80. The molecule has 0 fully saturated rings. The Morgan fingerprint density at radius 1 is 0.696 bits per heavy atom. The zero-order chi connectivity index (χ0) is 17.6. The first kappa shape index (κ1) is 23.0. The number of hydrogen-bond acceptors (Lipinski definition) is 1. The fraction of sp³-hybridized carbons (Fsp3) is 0.857. The minimum absolute atomic E-state index is 1.17. The Balaban J connectivity index is 5.83. The Morgan fingerprint density at radius 2 is 1.09 bits per heavy atom. The molecule has 0 heterocycles. The average Bonchev–Trinajstić information content (AvgIpc) is 2.56. The molecular weight excluding hydrogens is 385 g/mol. The van der Waals surface area contributed by atoms with Crippen molar-refractivity contribution in [1.82, 2.24) is 0 Å². The SMILES string of the molecule is CCC[CH2][Sn]([CH2]CCC)([CH2]CCC)[C](C#N)=C(CCC)CCC. The summed E-state index contributed by atoms with van der Waals surface area (Å²) in [7, 11) is 0. The topological polar surface area (TPSA) is 23.8 Å². The first-order chi connectivity index (χ1) is 11.2. The third kappa shape index (κ3) is 8.10. The van der Waals surface area contributed by atoms with Crippen molar-refractivity contribution in [3.8, 4) is 6.07 Å². The Hall–Kier alpha value is 0.0287. The van der Waals surface area contributed by atoms with Crippen LogP contribution in [0.25, 0.3) is 0 Å². The van der Waals surface area contributed by atoms with Crippen LogP contribution in [-0.2, 0) is 0 Å². The van der Waals surface area contributed by atoms with E-state index in [9.17, 15) is 5.26 Å². The number of nitrogens with zero attached hydrogens (tertiary/aromatic N) is 1. The van der Waals surface area contributed by atoms with Gasteiger partial charge in [-0.2, -0.15) is 0 Å². The summed E-state index contributed by atoms with van der Waals surface area (Å²) in [5.74, 6) is 0. The molecule has 0 aromatic rings. The van der Waals surface area contributed by atoms with Crippen LogP contribution in [0.15, 0.2) is 9.16 Å². The van der Waals surface area contributed by atoms with Crippen LogP contribution in [0.1, 0.15) is 98.8 Å². The van der Waals surface area contributed by atoms with E-state index in [0.29, 0.717) is 0 Å². The maximum atomic E-state index is 10.1. The van der Waals surface area contributed by atoms with E-state index in [1.807, 2.05) is 0 Å². The van der Waals surface area contributed by atoms with E-state index >= 15 is 0 Å². The Morgan fingerprint density at radius 3 is 1.35 bits per heavy atom. The monoisotopic (exact) mass is 427 g/mol. The molecule has 0 aromatic heterocycles. The summed E-state index contributed by atoms with van der Waals surface area (Å²) in [4.78, 5) is 0. The molecule has 0 saturated heterocycles. The number of nitriles is 1. The molecule has 0 atom stereocenters. The Kier molecular flexibility index (Phi) is 14.4. The summed E-state index contributed by atoms with van der Waals surface area (Å²) in [5, 5.41) is 10.1. The van der Waals surface area contributed by atoms with Crippen molar-refractivity contribution in [3.63, 3.8) is 0 Å². The van der Waals surface area contributed by atoms with Gasteiger partial charge < -0.3 is 0 Å². The number of hydrogen-bond donors (Lipinski definition) is 0. The molecule has 0 bridgehead atoms. The molecule has 0 aliphatic rings. The summed E-state index contributed by atoms with van der Waals surface area (Å²) >= 11 is -2.51. The van der Waals surface area contributed by atoms with Crippen LogP contribution in [0.5, 0.6) is 0 Å². The van der Waals surface area contributed by atoms with Crippen molar-refractivity contribution in [2.75, 3.05) is 0 Å². The quantitative estimate of drug-likeness (QED) is 0.205. The van der Waals surface area contributed by atoms with Crippen LogP contribution < -0.4 is 0 Å². The standard InChI is InChI=1S/C9H14N.3C4H9.Sn/c1-3-5-9(6-4-2)7-8-10;3*1-3-4-2;/h3-6H2,1-2H3;3*1,3-4H2,2H3;. The van der Waals surface area contributed by atoms with Gasteiger partial charge in [0, 0.05) is 0 Å². The van der Waals surface area contributed by atoms with Crippen molar-refractivity contribution >= 4 is 18.4 Å². The summed E-state index contributed by atoms with van der Waals surface area (Å²) in [5.41, 5.74) is 1.57.